The second-order valence-corrected chi connectivity index (χ2v) is 10.8. The molecule has 2 saturated carbocycles. The van der Waals surface area contributed by atoms with Crippen LogP contribution < -0.4 is 11.2 Å². The molecule has 0 aliphatic heterocycles. The molecule has 2 aliphatic rings. The number of aromatic nitrogens is 2. The minimum Gasteiger partial charge on any atom is -0.459 e. The van der Waals surface area contributed by atoms with Gasteiger partial charge in [0.05, 0.1) is 10.3 Å². The zero-order valence-electron chi connectivity index (χ0n) is 18.6. The number of carbonyl (C=O) groups excluding carboxylic acids is 1. The van der Waals surface area contributed by atoms with Crippen LogP contribution >= 0.6 is 11.3 Å². The predicted molar refractivity (Wildman–Crippen MR) is 119 cm³/mol. The van der Waals surface area contributed by atoms with Crippen LogP contribution in [0.5, 0.6) is 0 Å². The van der Waals surface area contributed by atoms with Gasteiger partial charge in [0.1, 0.15) is 17.0 Å². The highest BCUT2D eigenvalue weighted by Gasteiger charge is 2.45. The lowest BCUT2D eigenvalue weighted by molar-refractivity contribution is -0.152. The number of hydrogen-bond acceptors (Lipinski definition) is 6. The number of esters is 1. The number of thiophene rings is 1. The molecule has 0 unspecified atom stereocenters. The van der Waals surface area contributed by atoms with E-state index in [9.17, 15) is 23.2 Å². The second-order valence-electron chi connectivity index (χ2n) is 9.76. The number of aryl methyl sites for hydroxylation is 1. The van der Waals surface area contributed by atoms with Crippen molar-refractivity contribution in [1.29, 1.82) is 0 Å². The van der Waals surface area contributed by atoms with Crippen LogP contribution in [0.15, 0.2) is 14.6 Å². The Morgan fingerprint density at radius 1 is 1.28 bits per heavy atom. The molecule has 2 aromatic rings. The fourth-order valence-electron chi connectivity index (χ4n) is 4.07. The standard InChI is InChI=1S/C22H27F2N3O4S/c1-12-15(9-25-10-16(28)31-21(2,3)4)32-19-17(12)18(29)27(14-5-6-14)20(30)26(19)11-13-7-22(23,24)8-13/h9,13-14H,5-8,10-11H2,1-4H3. The van der Waals surface area contributed by atoms with Crippen LogP contribution in [-0.4, -0.2) is 39.4 Å². The normalized spacial score (nSPS) is 18.9. The summed E-state index contributed by atoms with van der Waals surface area (Å²) in [6, 6.07) is -0.128. The van der Waals surface area contributed by atoms with Crippen molar-refractivity contribution in [2.45, 2.75) is 77.5 Å². The van der Waals surface area contributed by atoms with Crippen LogP contribution in [0.1, 0.15) is 62.9 Å². The molecule has 4 rings (SSSR count). The number of hydrogen-bond donors (Lipinski definition) is 0. The van der Waals surface area contributed by atoms with Gasteiger partial charge in [-0.3, -0.25) is 23.7 Å². The molecular weight excluding hydrogens is 440 g/mol. The topological polar surface area (TPSA) is 82.7 Å². The highest BCUT2D eigenvalue weighted by molar-refractivity contribution is 7.20. The van der Waals surface area contributed by atoms with Gasteiger partial charge in [-0.05, 0) is 52.0 Å². The Kier molecular flexibility index (Phi) is 5.63. The van der Waals surface area contributed by atoms with Crippen molar-refractivity contribution in [2.75, 3.05) is 6.54 Å². The molecule has 0 amide bonds. The number of halogens is 2. The summed E-state index contributed by atoms with van der Waals surface area (Å²) in [7, 11) is 0. The first-order valence-corrected chi connectivity index (χ1v) is 11.6. The first-order valence-electron chi connectivity index (χ1n) is 10.7. The monoisotopic (exact) mass is 467 g/mol. The summed E-state index contributed by atoms with van der Waals surface area (Å²) < 4.78 is 34.7. The van der Waals surface area contributed by atoms with Crippen molar-refractivity contribution < 1.29 is 18.3 Å². The number of carbonyl (C=O) groups is 1. The molecule has 0 spiro atoms. The first-order chi connectivity index (χ1) is 14.9. The molecule has 32 heavy (non-hydrogen) atoms. The molecule has 0 bridgehead atoms. The summed E-state index contributed by atoms with van der Waals surface area (Å²) in [5.41, 5.74) is -0.713. The maximum absolute atomic E-state index is 13.4. The smallest absolute Gasteiger partial charge is 0.332 e. The SMILES string of the molecule is Cc1c(C=NCC(=O)OC(C)(C)C)sc2c1c(=O)n(C1CC1)c(=O)n2CC1CC(F)(F)C1. The van der Waals surface area contributed by atoms with Gasteiger partial charge in [0.25, 0.3) is 5.56 Å². The van der Waals surface area contributed by atoms with Crippen LogP contribution in [0.3, 0.4) is 0 Å². The predicted octanol–water partition coefficient (Wildman–Crippen LogP) is 3.67. The Bertz CT molecular complexity index is 1210. The maximum Gasteiger partial charge on any atom is 0.332 e. The van der Waals surface area contributed by atoms with E-state index < -0.39 is 23.2 Å². The lowest BCUT2D eigenvalue weighted by atomic mass is 9.81. The van der Waals surface area contributed by atoms with E-state index in [1.807, 2.05) is 0 Å². The molecule has 7 nitrogen and oxygen atoms in total. The van der Waals surface area contributed by atoms with Crippen molar-refractivity contribution in [3.8, 4) is 0 Å². The Morgan fingerprint density at radius 3 is 2.50 bits per heavy atom. The van der Waals surface area contributed by atoms with Gasteiger partial charge in [-0.2, -0.15) is 0 Å². The van der Waals surface area contributed by atoms with Crippen LogP contribution in [-0.2, 0) is 16.1 Å². The number of fused-ring (bicyclic) bond motifs is 1. The van der Waals surface area contributed by atoms with E-state index >= 15 is 0 Å². The molecule has 10 heteroatoms. The van der Waals surface area contributed by atoms with Crippen molar-refractivity contribution in [3.05, 3.63) is 31.3 Å². The fourth-order valence-corrected chi connectivity index (χ4v) is 5.27. The first kappa shape index (κ1) is 22.8. The summed E-state index contributed by atoms with van der Waals surface area (Å²) >= 11 is 1.22. The van der Waals surface area contributed by atoms with Gasteiger partial charge in [0.2, 0.25) is 5.92 Å². The zero-order chi connectivity index (χ0) is 23.4. The zero-order valence-corrected chi connectivity index (χ0v) is 19.4. The molecule has 0 aromatic carbocycles. The quantitative estimate of drug-likeness (QED) is 0.479. The minimum absolute atomic E-state index is 0.128. The van der Waals surface area contributed by atoms with Crippen LogP contribution in [0, 0.1) is 12.8 Å². The Labute approximate surface area is 187 Å². The lowest BCUT2D eigenvalue weighted by Gasteiger charge is -2.35. The van der Waals surface area contributed by atoms with Gasteiger partial charge >= 0.3 is 11.7 Å². The lowest BCUT2D eigenvalue weighted by Crippen LogP contribution is -2.44. The molecule has 174 valence electrons. The van der Waals surface area contributed by atoms with E-state index in [1.165, 1.54) is 26.7 Å². The van der Waals surface area contributed by atoms with E-state index in [4.69, 9.17) is 4.74 Å². The molecule has 0 N–H and O–H groups in total. The summed E-state index contributed by atoms with van der Waals surface area (Å²) in [5, 5.41) is 0.423. The summed E-state index contributed by atoms with van der Waals surface area (Å²) in [6.45, 7) is 7.08. The van der Waals surface area contributed by atoms with Crippen LogP contribution in [0.2, 0.25) is 0 Å². The minimum atomic E-state index is -2.68. The van der Waals surface area contributed by atoms with E-state index in [1.54, 1.807) is 27.7 Å². The third-order valence-corrected chi connectivity index (χ3v) is 6.91. The van der Waals surface area contributed by atoms with E-state index in [0.29, 0.717) is 20.7 Å². The fraction of sp³-hybridized carbons (Fsp3) is 0.636. The third kappa shape index (κ3) is 4.55. The number of aliphatic imine (C=N–C) groups is 1. The van der Waals surface area contributed by atoms with Crippen LogP contribution in [0.4, 0.5) is 8.78 Å². The average Bonchev–Trinajstić information content (AvgIpc) is 3.40. The van der Waals surface area contributed by atoms with Gasteiger partial charge in [-0.15, -0.1) is 11.3 Å². The molecule has 0 atom stereocenters. The van der Waals surface area contributed by atoms with Crippen molar-refractivity contribution in [3.63, 3.8) is 0 Å². The van der Waals surface area contributed by atoms with E-state index in [2.05, 4.69) is 4.99 Å². The Morgan fingerprint density at radius 2 is 1.94 bits per heavy atom. The van der Waals surface area contributed by atoms with Gasteiger partial charge < -0.3 is 4.74 Å². The molecule has 0 saturated heterocycles. The number of ether oxygens (including phenoxy) is 1. The van der Waals surface area contributed by atoms with Gasteiger partial charge in [0, 0.05) is 31.6 Å². The maximum atomic E-state index is 13.4. The molecule has 0 radical (unpaired) electrons. The molecule has 2 aromatic heterocycles. The van der Waals surface area contributed by atoms with E-state index in [-0.39, 0.29) is 43.5 Å². The summed E-state index contributed by atoms with van der Waals surface area (Å²) in [5.74, 6) is -3.45. The summed E-state index contributed by atoms with van der Waals surface area (Å²) in [4.78, 5) is 43.5. The van der Waals surface area contributed by atoms with Gasteiger partial charge in [-0.25, -0.2) is 13.6 Å². The number of alkyl halides is 2. The summed E-state index contributed by atoms with van der Waals surface area (Å²) in [6.07, 6.45) is 2.53. The van der Waals surface area contributed by atoms with Crippen molar-refractivity contribution >= 4 is 33.7 Å². The molecule has 2 fully saturated rings. The molecule has 2 aliphatic carbocycles. The van der Waals surface area contributed by atoms with Gasteiger partial charge in [0.15, 0.2) is 0 Å². The number of rotatable bonds is 6. The highest BCUT2D eigenvalue weighted by Crippen LogP contribution is 2.43. The third-order valence-electron chi connectivity index (χ3n) is 5.66. The van der Waals surface area contributed by atoms with Gasteiger partial charge in [-0.1, -0.05) is 0 Å². The van der Waals surface area contributed by atoms with Crippen molar-refractivity contribution in [2.24, 2.45) is 10.9 Å². The largest absolute Gasteiger partial charge is 0.459 e. The van der Waals surface area contributed by atoms with Crippen LogP contribution in [0.25, 0.3) is 10.2 Å². The average molecular weight is 468 g/mol. The highest BCUT2D eigenvalue weighted by atomic mass is 32.1. The Hall–Kier alpha value is -2.36. The Balaban J connectivity index is 1.70. The number of nitrogens with zero attached hydrogens (tertiary/aromatic N) is 3. The molecule has 2 heterocycles. The van der Waals surface area contributed by atoms with Crippen molar-refractivity contribution in [1.82, 2.24) is 9.13 Å². The van der Waals surface area contributed by atoms with E-state index in [0.717, 1.165) is 12.8 Å². The second kappa shape index (κ2) is 7.90. The molecular formula is C22H27F2N3O4S.